The van der Waals surface area contributed by atoms with E-state index in [0.717, 1.165) is 12.0 Å². The van der Waals surface area contributed by atoms with Gasteiger partial charge in [-0.25, -0.2) is 0 Å². The zero-order valence-corrected chi connectivity index (χ0v) is 15.1. The van der Waals surface area contributed by atoms with E-state index in [0.29, 0.717) is 42.4 Å². The molecule has 6 heteroatoms. The molecule has 138 valence electrons. The van der Waals surface area contributed by atoms with Gasteiger partial charge in [0, 0.05) is 29.0 Å². The molecule has 0 aliphatic carbocycles. The normalized spacial score (nSPS) is 10.4. The molecular weight excluding hydrogens is 332 g/mol. The van der Waals surface area contributed by atoms with Crippen LogP contribution in [-0.4, -0.2) is 25.0 Å². The molecule has 2 aromatic rings. The van der Waals surface area contributed by atoms with E-state index in [2.05, 4.69) is 5.32 Å². The van der Waals surface area contributed by atoms with Gasteiger partial charge in [-0.1, -0.05) is 6.92 Å². The first kappa shape index (κ1) is 19.5. The van der Waals surface area contributed by atoms with Crippen molar-refractivity contribution in [1.29, 1.82) is 0 Å². The number of nitrogens with one attached hydrogen (secondary N) is 1. The molecule has 0 fully saturated rings. The monoisotopic (exact) mass is 356 g/mol. The average Bonchev–Trinajstić information content (AvgIpc) is 2.63. The smallest absolute Gasteiger partial charge is 0.255 e. The Morgan fingerprint density at radius 3 is 2.35 bits per heavy atom. The van der Waals surface area contributed by atoms with Crippen molar-refractivity contribution in [3.05, 3.63) is 59.2 Å². The quantitative estimate of drug-likeness (QED) is 0.674. The van der Waals surface area contributed by atoms with Crippen LogP contribution in [0.25, 0.3) is 0 Å². The fourth-order valence-corrected chi connectivity index (χ4v) is 2.38. The lowest BCUT2D eigenvalue weighted by molar-refractivity contribution is 0.0998. The fraction of sp³-hybridized carbons (Fsp3) is 0.300. The summed E-state index contributed by atoms with van der Waals surface area (Å²) in [7, 11) is 0. The molecule has 2 amide bonds. The molecule has 0 bridgehead atoms. The number of benzene rings is 2. The number of primary amides is 1. The number of carbonyl (C=O) groups is 2. The van der Waals surface area contributed by atoms with Crippen molar-refractivity contribution >= 4 is 17.5 Å². The van der Waals surface area contributed by atoms with E-state index in [1.807, 2.05) is 13.8 Å². The summed E-state index contributed by atoms with van der Waals surface area (Å²) >= 11 is 0. The third-order valence-electron chi connectivity index (χ3n) is 3.66. The second-order valence-electron chi connectivity index (χ2n) is 5.70. The minimum absolute atomic E-state index is 0.253. The van der Waals surface area contributed by atoms with Crippen LogP contribution in [0.3, 0.4) is 0 Å². The van der Waals surface area contributed by atoms with Crippen molar-refractivity contribution in [1.82, 2.24) is 0 Å². The molecule has 0 spiro atoms. The maximum Gasteiger partial charge on any atom is 0.255 e. The predicted octanol–water partition coefficient (Wildman–Crippen LogP) is 3.36. The molecule has 6 nitrogen and oxygen atoms in total. The van der Waals surface area contributed by atoms with Gasteiger partial charge in [-0.3, -0.25) is 9.59 Å². The lowest BCUT2D eigenvalue weighted by Gasteiger charge is -2.13. The SMILES string of the molecule is CCCOCc1cc(C(=O)Nc2ccc(C(N)=O)cc2)ccc1OCC. The minimum atomic E-state index is -0.508. The Morgan fingerprint density at radius 2 is 1.73 bits per heavy atom. The molecule has 0 unspecified atom stereocenters. The number of ether oxygens (including phenoxy) is 2. The van der Waals surface area contributed by atoms with Crippen molar-refractivity contribution in [2.75, 3.05) is 18.5 Å². The Hall–Kier alpha value is -2.86. The van der Waals surface area contributed by atoms with Crippen molar-refractivity contribution < 1.29 is 19.1 Å². The van der Waals surface area contributed by atoms with E-state index >= 15 is 0 Å². The van der Waals surface area contributed by atoms with Crippen LogP contribution in [-0.2, 0) is 11.3 Å². The second kappa shape index (κ2) is 9.58. The number of rotatable bonds is 9. The van der Waals surface area contributed by atoms with Crippen molar-refractivity contribution in [3.63, 3.8) is 0 Å². The molecule has 0 saturated carbocycles. The van der Waals surface area contributed by atoms with E-state index in [-0.39, 0.29) is 5.91 Å². The molecule has 26 heavy (non-hydrogen) atoms. The molecule has 0 heterocycles. The van der Waals surface area contributed by atoms with Gasteiger partial charge in [0.1, 0.15) is 5.75 Å². The summed E-state index contributed by atoms with van der Waals surface area (Å²) in [5.41, 5.74) is 7.51. The van der Waals surface area contributed by atoms with E-state index in [1.54, 1.807) is 42.5 Å². The first-order valence-electron chi connectivity index (χ1n) is 8.59. The van der Waals surface area contributed by atoms with Crippen molar-refractivity contribution in [2.24, 2.45) is 5.73 Å². The van der Waals surface area contributed by atoms with Crippen molar-refractivity contribution in [2.45, 2.75) is 26.9 Å². The van der Waals surface area contributed by atoms with Crippen LogP contribution in [0.5, 0.6) is 5.75 Å². The first-order valence-corrected chi connectivity index (χ1v) is 8.59. The minimum Gasteiger partial charge on any atom is -0.494 e. The summed E-state index contributed by atoms with van der Waals surface area (Å²) in [5, 5.41) is 2.80. The molecular formula is C20H24N2O4. The van der Waals surface area contributed by atoms with E-state index in [9.17, 15) is 9.59 Å². The fourth-order valence-electron chi connectivity index (χ4n) is 2.38. The van der Waals surface area contributed by atoms with E-state index < -0.39 is 5.91 Å². The molecule has 0 saturated heterocycles. The molecule has 0 aliphatic rings. The molecule has 3 N–H and O–H groups in total. The number of nitrogens with two attached hydrogens (primary N) is 1. The highest BCUT2D eigenvalue weighted by Gasteiger charge is 2.11. The average molecular weight is 356 g/mol. The van der Waals surface area contributed by atoms with Crippen LogP contribution in [0.15, 0.2) is 42.5 Å². The summed E-state index contributed by atoms with van der Waals surface area (Å²) in [6.45, 7) is 5.52. The van der Waals surface area contributed by atoms with Crippen LogP contribution in [0.4, 0.5) is 5.69 Å². The summed E-state index contributed by atoms with van der Waals surface area (Å²) < 4.78 is 11.2. The molecule has 0 aromatic heterocycles. The Kier molecular flexibility index (Phi) is 7.17. The Bertz CT molecular complexity index is 757. The van der Waals surface area contributed by atoms with Crippen LogP contribution >= 0.6 is 0 Å². The largest absolute Gasteiger partial charge is 0.494 e. The van der Waals surface area contributed by atoms with Gasteiger partial charge in [0.2, 0.25) is 5.91 Å². The third kappa shape index (κ3) is 5.32. The number of anilines is 1. The molecule has 0 aliphatic heterocycles. The van der Waals surface area contributed by atoms with Gasteiger partial charge in [-0.2, -0.15) is 0 Å². The van der Waals surface area contributed by atoms with E-state index in [1.165, 1.54) is 0 Å². The highest BCUT2D eigenvalue weighted by molar-refractivity contribution is 6.04. The van der Waals surface area contributed by atoms with Crippen molar-refractivity contribution in [3.8, 4) is 5.75 Å². The standard InChI is InChI=1S/C20H24N2O4/c1-3-11-25-13-16-12-15(7-10-18(16)26-4-2)20(24)22-17-8-5-14(6-9-17)19(21)23/h5-10,12H,3-4,11,13H2,1-2H3,(H2,21,23)(H,22,24). The van der Waals surface area contributed by atoms with Gasteiger partial charge in [0.05, 0.1) is 13.2 Å². The van der Waals surface area contributed by atoms with Gasteiger partial charge in [-0.15, -0.1) is 0 Å². The summed E-state index contributed by atoms with van der Waals surface area (Å²) in [5.74, 6) is -0.0475. The number of amides is 2. The zero-order valence-electron chi connectivity index (χ0n) is 15.1. The molecule has 0 radical (unpaired) electrons. The highest BCUT2D eigenvalue weighted by Crippen LogP contribution is 2.22. The van der Waals surface area contributed by atoms with Crippen LogP contribution in [0, 0.1) is 0 Å². The Balaban J connectivity index is 2.13. The molecule has 2 rings (SSSR count). The van der Waals surface area contributed by atoms with Gasteiger partial charge in [-0.05, 0) is 55.8 Å². The lowest BCUT2D eigenvalue weighted by Crippen LogP contribution is -2.14. The van der Waals surface area contributed by atoms with Crippen LogP contribution < -0.4 is 15.8 Å². The maximum atomic E-state index is 12.5. The third-order valence-corrected chi connectivity index (χ3v) is 3.66. The summed E-state index contributed by atoms with van der Waals surface area (Å²) in [6.07, 6.45) is 0.922. The summed E-state index contributed by atoms with van der Waals surface area (Å²) in [6, 6.07) is 11.7. The van der Waals surface area contributed by atoms with Crippen LogP contribution in [0.2, 0.25) is 0 Å². The highest BCUT2D eigenvalue weighted by atomic mass is 16.5. The Morgan fingerprint density at radius 1 is 1.04 bits per heavy atom. The van der Waals surface area contributed by atoms with Gasteiger partial charge in [0.25, 0.3) is 5.91 Å². The number of hydrogen-bond donors (Lipinski definition) is 2. The Labute approximate surface area is 153 Å². The first-order chi connectivity index (χ1) is 12.5. The predicted molar refractivity (Wildman–Crippen MR) is 100 cm³/mol. The maximum absolute atomic E-state index is 12.5. The molecule has 2 aromatic carbocycles. The number of carbonyl (C=O) groups excluding carboxylic acids is 2. The second-order valence-corrected chi connectivity index (χ2v) is 5.70. The van der Waals surface area contributed by atoms with Crippen LogP contribution in [0.1, 0.15) is 46.5 Å². The summed E-state index contributed by atoms with van der Waals surface area (Å²) in [4.78, 5) is 23.6. The van der Waals surface area contributed by atoms with E-state index in [4.69, 9.17) is 15.2 Å². The molecule has 0 atom stereocenters. The lowest BCUT2D eigenvalue weighted by atomic mass is 10.1. The number of hydrogen-bond acceptors (Lipinski definition) is 4. The zero-order chi connectivity index (χ0) is 18.9. The van der Waals surface area contributed by atoms with Gasteiger partial charge in [0.15, 0.2) is 0 Å². The van der Waals surface area contributed by atoms with Gasteiger partial charge < -0.3 is 20.5 Å². The topological polar surface area (TPSA) is 90.6 Å². The van der Waals surface area contributed by atoms with Gasteiger partial charge >= 0.3 is 0 Å².